The van der Waals surface area contributed by atoms with Gasteiger partial charge in [-0.25, -0.2) is 9.97 Å². The van der Waals surface area contributed by atoms with Crippen molar-refractivity contribution in [3.63, 3.8) is 0 Å². The minimum Gasteiger partial charge on any atom is -0.369 e. The molecule has 1 aromatic heterocycles. The highest BCUT2D eigenvalue weighted by atomic mass is 35.5. The Bertz CT molecular complexity index is 485. The number of aldehydes is 1. The second-order valence-corrected chi connectivity index (χ2v) is 4.73. The van der Waals surface area contributed by atoms with Gasteiger partial charge in [0.1, 0.15) is 16.8 Å². The van der Waals surface area contributed by atoms with Crippen LogP contribution in [-0.2, 0) is 0 Å². The van der Waals surface area contributed by atoms with Gasteiger partial charge in [-0.05, 0) is 32.6 Å². The van der Waals surface area contributed by atoms with Crippen LogP contribution in [0.1, 0.15) is 41.9 Å². The summed E-state index contributed by atoms with van der Waals surface area (Å²) in [6, 6.07) is 0. The molecule has 0 saturated heterocycles. The third-order valence-electron chi connectivity index (χ3n) is 3.00. The molecule has 0 aliphatic heterocycles. The number of nitrogens with one attached hydrogen (secondary N) is 1. The van der Waals surface area contributed by atoms with Crippen LogP contribution in [0.2, 0.25) is 5.15 Å². The standard InChI is InChI=1S/C13H16ClN3O/c1-9-16-12(14)11(8-18)13(17-9)15-7-6-10-4-2-3-5-10/h4,8H,2-3,5-7H2,1H3,(H,15,16,17). The van der Waals surface area contributed by atoms with Crippen LogP contribution < -0.4 is 5.32 Å². The lowest BCUT2D eigenvalue weighted by molar-refractivity contribution is 0.112. The molecule has 1 aliphatic carbocycles. The largest absolute Gasteiger partial charge is 0.369 e. The van der Waals surface area contributed by atoms with E-state index >= 15 is 0 Å². The molecule has 5 heteroatoms. The summed E-state index contributed by atoms with van der Waals surface area (Å²) in [7, 11) is 0. The highest BCUT2D eigenvalue weighted by molar-refractivity contribution is 6.32. The zero-order valence-electron chi connectivity index (χ0n) is 10.4. The molecule has 0 aromatic carbocycles. The maximum absolute atomic E-state index is 11.0. The molecule has 1 aromatic rings. The van der Waals surface area contributed by atoms with Crippen molar-refractivity contribution in [2.45, 2.75) is 32.6 Å². The van der Waals surface area contributed by atoms with Gasteiger partial charge in [-0.2, -0.15) is 0 Å². The van der Waals surface area contributed by atoms with Crippen molar-refractivity contribution in [2.75, 3.05) is 11.9 Å². The number of anilines is 1. The zero-order chi connectivity index (χ0) is 13.0. The number of hydrogen-bond donors (Lipinski definition) is 1. The van der Waals surface area contributed by atoms with E-state index in [1.54, 1.807) is 6.92 Å². The van der Waals surface area contributed by atoms with Crippen molar-refractivity contribution in [3.8, 4) is 0 Å². The van der Waals surface area contributed by atoms with E-state index in [9.17, 15) is 4.79 Å². The Kier molecular flexibility index (Phi) is 4.31. The molecule has 4 nitrogen and oxygen atoms in total. The van der Waals surface area contributed by atoms with Crippen LogP contribution in [0.25, 0.3) is 0 Å². The van der Waals surface area contributed by atoms with Crippen LogP contribution in [0.15, 0.2) is 11.6 Å². The van der Waals surface area contributed by atoms with Crippen LogP contribution in [-0.4, -0.2) is 22.8 Å². The van der Waals surface area contributed by atoms with Gasteiger partial charge < -0.3 is 5.32 Å². The lowest BCUT2D eigenvalue weighted by Gasteiger charge is -2.09. The summed E-state index contributed by atoms with van der Waals surface area (Å²) < 4.78 is 0. The van der Waals surface area contributed by atoms with E-state index in [-0.39, 0.29) is 5.15 Å². The predicted molar refractivity (Wildman–Crippen MR) is 72.2 cm³/mol. The van der Waals surface area contributed by atoms with Gasteiger partial charge in [0.2, 0.25) is 0 Å². The van der Waals surface area contributed by atoms with Crippen molar-refractivity contribution < 1.29 is 4.79 Å². The summed E-state index contributed by atoms with van der Waals surface area (Å²) in [6.07, 6.45) is 7.60. The van der Waals surface area contributed by atoms with Gasteiger partial charge in [0.25, 0.3) is 0 Å². The van der Waals surface area contributed by atoms with Crippen LogP contribution in [0.3, 0.4) is 0 Å². The quantitative estimate of drug-likeness (QED) is 0.505. The molecule has 0 unspecified atom stereocenters. The lowest BCUT2D eigenvalue weighted by Crippen LogP contribution is -2.09. The first-order valence-corrected chi connectivity index (χ1v) is 6.49. The minimum atomic E-state index is 0.208. The Labute approximate surface area is 111 Å². The van der Waals surface area contributed by atoms with E-state index in [2.05, 4.69) is 21.4 Å². The number of aromatic nitrogens is 2. The van der Waals surface area contributed by atoms with Gasteiger partial charge in [0.15, 0.2) is 6.29 Å². The van der Waals surface area contributed by atoms with Crippen molar-refractivity contribution >= 4 is 23.7 Å². The van der Waals surface area contributed by atoms with Gasteiger partial charge in [0, 0.05) is 6.54 Å². The Morgan fingerprint density at radius 2 is 2.33 bits per heavy atom. The van der Waals surface area contributed by atoms with Crippen LogP contribution in [0.4, 0.5) is 5.82 Å². The van der Waals surface area contributed by atoms with Crippen molar-refractivity contribution in [1.29, 1.82) is 0 Å². The van der Waals surface area contributed by atoms with Gasteiger partial charge in [0.05, 0.1) is 5.56 Å². The third-order valence-corrected chi connectivity index (χ3v) is 3.29. The molecule has 0 radical (unpaired) electrons. The highest BCUT2D eigenvalue weighted by Gasteiger charge is 2.11. The molecule has 1 N–H and O–H groups in total. The summed E-state index contributed by atoms with van der Waals surface area (Å²) in [4.78, 5) is 19.1. The molecule has 0 saturated carbocycles. The molecule has 0 spiro atoms. The van der Waals surface area contributed by atoms with Crippen molar-refractivity contribution in [2.24, 2.45) is 0 Å². The number of hydrogen-bond acceptors (Lipinski definition) is 4. The highest BCUT2D eigenvalue weighted by Crippen LogP contribution is 2.22. The molecule has 0 fully saturated rings. The van der Waals surface area contributed by atoms with E-state index in [0.29, 0.717) is 23.5 Å². The molecular formula is C13H16ClN3O. The van der Waals surface area contributed by atoms with Gasteiger partial charge in [-0.1, -0.05) is 23.3 Å². The number of halogens is 1. The van der Waals surface area contributed by atoms with E-state index < -0.39 is 0 Å². The third kappa shape index (κ3) is 3.07. The number of nitrogens with zero attached hydrogens (tertiary/aromatic N) is 2. The zero-order valence-corrected chi connectivity index (χ0v) is 11.1. The number of aryl methyl sites for hydroxylation is 1. The summed E-state index contributed by atoms with van der Waals surface area (Å²) >= 11 is 5.91. The van der Waals surface area contributed by atoms with Gasteiger partial charge in [-0.3, -0.25) is 4.79 Å². The average Bonchev–Trinajstić information content (AvgIpc) is 2.81. The van der Waals surface area contributed by atoms with Crippen LogP contribution in [0, 0.1) is 6.92 Å². The van der Waals surface area contributed by atoms with E-state index in [1.165, 1.54) is 24.8 Å². The Hall–Kier alpha value is -1.42. The van der Waals surface area contributed by atoms with Gasteiger partial charge >= 0.3 is 0 Å². The van der Waals surface area contributed by atoms with Crippen LogP contribution >= 0.6 is 11.6 Å². The number of rotatable bonds is 5. The van der Waals surface area contributed by atoms with Crippen molar-refractivity contribution in [1.82, 2.24) is 9.97 Å². The average molecular weight is 266 g/mol. The SMILES string of the molecule is Cc1nc(Cl)c(C=O)c(NCCC2=CCCC2)n1. The van der Waals surface area contributed by atoms with E-state index in [1.807, 2.05) is 0 Å². The summed E-state index contributed by atoms with van der Waals surface area (Å²) in [5.41, 5.74) is 1.81. The normalized spacial score (nSPS) is 14.4. The first-order chi connectivity index (χ1) is 8.70. The smallest absolute Gasteiger partial charge is 0.156 e. The number of carbonyl (C=O) groups is 1. The van der Waals surface area contributed by atoms with Crippen molar-refractivity contribution in [3.05, 3.63) is 28.2 Å². The fraction of sp³-hybridized carbons (Fsp3) is 0.462. The Morgan fingerprint density at radius 1 is 1.50 bits per heavy atom. The van der Waals surface area contributed by atoms with E-state index in [0.717, 1.165) is 13.0 Å². The first kappa shape index (κ1) is 13.0. The molecular weight excluding hydrogens is 250 g/mol. The molecule has 0 atom stereocenters. The topological polar surface area (TPSA) is 54.9 Å². The predicted octanol–water partition coefficient (Wildman–Crippen LogP) is 3.16. The van der Waals surface area contributed by atoms with Crippen LogP contribution in [0.5, 0.6) is 0 Å². The fourth-order valence-electron chi connectivity index (χ4n) is 2.09. The maximum Gasteiger partial charge on any atom is 0.156 e. The molecule has 0 amide bonds. The molecule has 1 heterocycles. The molecule has 18 heavy (non-hydrogen) atoms. The summed E-state index contributed by atoms with van der Waals surface area (Å²) in [5.74, 6) is 1.09. The molecule has 0 bridgehead atoms. The number of carbonyl (C=O) groups excluding carboxylic acids is 1. The molecule has 96 valence electrons. The Morgan fingerprint density at radius 3 is 3.00 bits per heavy atom. The molecule has 1 aliphatic rings. The second-order valence-electron chi connectivity index (χ2n) is 4.37. The Balaban J connectivity index is 2.01. The minimum absolute atomic E-state index is 0.208. The van der Waals surface area contributed by atoms with E-state index in [4.69, 9.17) is 11.6 Å². The number of allylic oxidation sites excluding steroid dienone is 1. The maximum atomic E-state index is 11.0. The monoisotopic (exact) mass is 265 g/mol. The first-order valence-electron chi connectivity index (χ1n) is 6.12. The fourth-order valence-corrected chi connectivity index (χ4v) is 2.35. The summed E-state index contributed by atoms with van der Waals surface area (Å²) in [5, 5.41) is 3.37. The summed E-state index contributed by atoms with van der Waals surface area (Å²) in [6.45, 7) is 2.52. The second kappa shape index (κ2) is 5.96. The van der Waals surface area contributed by atoms with Gasteiger partial charge in [-0.15, -0.1) is 0 Å². The molecule has 2 rings (SSSR count). The lowest BCUT2D eigenvalue weighted by atomic mass is 10.1.